The summed E-state index contributed by atoms with van der Waals surface area (Å²) in [5, 5.41) is 0. The zero-order chi connectivity index (χ0) is 20.2. The zero-order valence-electron chi connectivity index (χ0n) is 15.8. The molecule has 5 rings (SSSR count). The molecule has 0 aliphatic carbocycles. The van der Waals surface area contributed by atoms with E-state index in [1.54, 1.807) is 49.6 Å². The molecule has 4 heterocycles. The van der Waals surface area contributed by atoms with Crippen LogP contribution in [0.25, 0.3) is 45.0 Å². The van der Waals surface area contributed by atoms with Crippen molar-refractivity contribution in [3.05, 3.63) is 98.1 Å². The number of hydrogen-bond donors (Lipinski definition) is 0. The van der Waals surface area contributed by atoms with Gasteiger partial charge in [0, 0.05) is 83.0 Å². The Hall–Kier alpha value is -4.32. The van der Waals surface area contributed by atoms with Gasteiger partial charge in [-0.05, 0) is 36.4 Å². The van der Waals surface area contributed by atoms with Crippen molar-refractivity contribution in [1.82, 2.24) is 29.9 Å². The van der Waals surface area contributed by atoms with Gasteiger partial charge in [0.05, 0.1) is 0 Å². The van der Waals surface area contributed by atoms with Gasteiger partial charge in [-0.2, -0.15) is 0 Å². The standard InChI is InChI=1S/C24H14N6/c1-2-4-22(20-15-29-24(30-16-20)18-7-11-26-12-8-18)21(3-1)19-13-27-23(28-14-19)17-5-9-25-10-6-17/h1-2,5-16H. The van der Waals surface area contributed by atoms with Crippen molar-refractivity contribution < 1.29 is 0 Å². The van der Waals surface area contributed by atoms with Crippen LogP contribution in [0.15, 0.2) is 86.0 Å². The molecule has 30 heavy (non-hydrogen) atoms. The first-order valence-corrected chi connectivity index (χ1v) is 9.26. The molecule has 0 unspecified atom stereocenters. The highest BCUT2D eigenvalue weighted by Gasteiger charge is 2.11. The van der Waals surface area contributed by atoms with Crippen molar-refractivity contribution in [2.45, 2.75) is 0 Å². The minimum atomic E-state index is 0.646. The highest BCUT2D eigenvalue weighted by Crippen LogP contribution is 2.31. The van der Waals surface area contributed by atoms with Crippen LogP contribution < -0.4 is 0 Å². The Morgan fingerprint density at radius 3 is 1.20 bits per heavy atom. The van der Waals surface area contributed by atoms with Gasteiger partial charge >= 0.3 is 0 Å². The minimum absolute atomic E-state index is 0.646. The molecule has 0 amide bonds. The molecule has 0 saturated carbocycles. The summed E-state index contributed by atoms with van der Waals surface area (Å²) in [6.07, 6.45) is 14.0. The van der Waals surface area contributed by atoms with E-state index in [9.17, 15) is 0 Å². The second-order valence-corrected chi connectivity index (χ2v) is 6.43. The van der Waals surface area contributed by atoms with Crippen molar-refractivity contribution in [2.75, 3.05) is 0 Å². The van der Waals surface area contributed by atoms with Gasteiger partial charge in [-0.25, -0.2) is 19.9 Å². The Bertz CT molecular complexity index is 1150. The van der Waals surface area contributed by atoms with Crippen LogP contribution in [0.1, 0.15) is 0 Å². The van der Waals surface area contributed by atoms with E-state index in [1.807, 2.05) is 36.4 Å². The molecular weight excluding hydrogens is 372 g/mol. The van der Waals surface area contributed by atoms with E-state index in [0.29, 0.717) is 11.6 Å². The number of rotatable bonds is 4. The van der Waals surface area contributed by atoms with Crippen molar-refractivity contribution in [3.63, 3.8) is 0 Å². The third-order valence-corrected chi connectivity index (χ3v) is 4.55. The van der Waals surface area contributed by atoms with Crippen LogP contribution in [-0.4, -0.2) is 29.9 Å². The van der Waals surface area contributed by atoms with Gasteiger partial charge in [-0.15, -0.1) is 0 Å². The van der Waals surface area contributed by atoms with Crippen molar-refractivity contribution >= 4 is 0 Å². The van der Waals surface area contributed by atoms with Crippen LogP contribution in [0, 0.1) is 12.1 Å². The highest BCUT2D eigenvalue weighted by molar-refractivity contribution is 5.81. The summed E-state index contributed by atoms with van der Waals surface area (Å²) in [4.78, 5) is 26.1. The molecule has 0 aliphatic heterocycles. The summed E-state index contributed by atoms with van der Waals surface area (Å²) in [6.45, 7) is 0. The molecule has 0 bridgehead atoms. The lowest BCUT2D eigenvalue weighted by Gasteiger charge is -2.09. The monoisotopic (exact) mass is 386 g/mol. The third-order valence-electron chi connectivity index (χ3n) is 4.55. The zero-order valence-corrected chi connectivity index (χ0v) is 15.8. The van der Waals surface area contributed by atoms with Crippen LogP contribution in [0.5, 0.6) is 0 Å². The summed E-state index contributed by atoms with van der Waals surface area (Å²) in [5.74, 6) is 1.29. The van der Waals surface area contributed by atoms with E-state index < -0.39 is 0 Å². The minimum Gasteiger partial charge on any atom is -0.265 e. The topological polar surface area (TPSA) is 77.3 Å². The van der Waals surface area contributed by atoms with Gasteiger partial charge in [0.1, 0.15) is 0 Å². The lowest BCUT2D eigenvalue weighted by atomic mass is 9.98. The molecule has 0 spiro atoms. The lowest BCUT2D eigenvalue weighted by Crippen LogP contribution is -1.94. The molecule has 6 heteroatoms. The third kappa shape index (κ3) is 3.54. The molecule has 1 aromatic carbocycles. The molecule has 0 atom stereocenters. The van der Waals surface area contributed by atoms with Crippen LogP contribution >= 0.6 is 0 Å². The van der Waals surface area contributed by atoms with E-state index in [-0.39, 0.29) is 0 Å². The summed E-state index contributed by atoms with van der Waals surface area (Å²) >= 11 is 0. The predicted molar refractivity (Wildman–Crippen MR) is 113 cm³/mol. The van der Waals surface area contributed by atoms with E-state index in [1.165, 1.54) is 0 Å². The molecule has 4 aromatic heterocycles. The maximum Gasteiger partial charge on any atom is 0.159 e. The fourth-order valence-corrected chi connectivity index (χ4v) is 3.06. The predicted octanol–water partition coefficient (Wildman–Crippen LogP) is 4.32. The number of pyridine rings is 2. The smallest absolute Gasteiger partial charge is 0.159 e. The second kappa shape index (κ2) is 7.97. The molecule has 140 valence electrons. The summed E-state index contributed by atoms with van der Waals surface area (Å²) in [5.41, 5.74) is 5.22. The molecule has 0 fully saturated rings. The number of aromatic nitrogens is 6. The van der Waals surface area contributed by atoms with E-state index in [4.69, 9.17) is 0 Å². The van der Waals surface area contributed by atoms with E-state index >= 15 is 0 Å². The fraction of sp³-hybridized carbons (Fsp3) is 0. The average Bonchev–Trinajstić information content (AvgIpc) is 2.85. The first-order chi connectivity index (χ1) is 14.9. The van der Waals surface area contributed by atoms with Gasteiger partial charge in [0.25, 0.3) is 0 Å². The maximum atomic E-state index is 4.50. The number of hydrogen-bond acceptors (Lipinski definition) is 6. The maximum absolute atomic E-state index is 4.50. The van der Waals surface area contributed by atoms with Crippen molar-refractivity contribution in [2.24, 2.45) is 0 Å². The quantitative estimate of drug-likeness (QED) is 0.458. The van der Waals surface area contributed by atoms with E-state index in [0.717, 1.165) is 33.4 Å². The molecule has 2 radical (unpaired) electrons. The van der Waals surface area contributed by atoms with Gasteiger partial charge < -0.3 is 0 Å². The number of benzene rings is 1. The first kappa shape index (κ1) is 17.8. The van der Waals surface area contributed by atoms with Crippen LogP contribution in [0.4, 0.5) is 0 Å². The number of nitrogens with zero attached hydrogens (tertiary/aromatic N) is 6. The van der Waals surface area contributed by atoms with Gasteiger partial charge in [0.2, 0.25) is 0 Å². The van der Waals surface area contributed by atoms with Crippen LogP contribution in [-0.2, 0) is 0 Å². The van der Waals surface area contributed by atoms with Crippen LogP contribution in [0.2, 0.25) is 0 Å². The molecule has 0 saturated heterocycles. The molecule has 5 aromatic rings. The Kier molecular flexibility index (Phi) is 4.72. The largest absolute Gasteiger partial charge is 0.265 e. The summed E-state index contributed by atoms with van der Waals surface area (Å²) in [7, 11) is 0. The lowest BCUT2D eigenvalue weighted by molar-refractivity contribution is 1.16. The highest BCUT2D eigenvalue weighted by atomic mass is 14.9. The second-order valence-electron chi connectivity index (χ2n) is 6.43. The van der Waals surface area contributed by atoms with Gasteiger partial charge in [-0.3, -0.25) is 9.97 Å². The van der Waals surface area contributed by atoms with Gasteiger partial charge in [0.15, 0.2) is 11.6 Å². The molecule has 0 N–H and O–H groups in total. The van der Waals surface area contributed by atoms with Gasteiger partial charge in [-0.1, -0.05) is 12.1 Å². The Morgan fingerprint density at radius 1 is 0.467 bits per heavy atom. The average molecular weight is 386 g/mol. The molecular formula is C24H14N6. The SMILES string of the molecule is [c]1cc[c]c(-c2cnc(-c3ccncc3)nc2)c1-c1cnc(-c2ccncc2)nc1. The fourth-order valence-electron chi connectivity index (χ4n) is 3.06. The molecule has 6 nitrogen and oxygen atoms in total. The van der Waals surface area contributed by atoms with Crippen molar-refractivity contribution in [3.8, 4) is 45.0 Å². The summed E-state index contributed by atoms with van der Waals surface area (Å²) < 4.78 is 0. The molecule has 0 aliphatic rings. The Labute approximate surface area is 173 Å². The van der Waals surface area contributed by atoms with E-state index in [2.05, 4.69) is 42.0 Å². The Morgan fingerprint density at radius 2 is 0.833 bits per heavy atom. The summed E-state index contributed by atoms with van der Waals surface area (Å²) in [6, 6.07) is 17.7. The normalized spacial score (nSPS) is 10.7. The van der Waals surface area contributed by atoms with Crippen LogP contribution in [0.3, 0.4) is 0 Å². The Balaban J connectivity index is 1.49. The first-order valence-electron chi connectivity index (χ1n) is 9.26. The van der Waals surface area contributed by atoms with Crippen molar-refractivity contribution in [1.29, 1.82) is 0 Å².